The summed E-state index contributed by atoms with van der Waals surface area (Å²) in [6.07, 6.45) is 1.61. The first kappa shape index (κ1) is 14.4. The second-order valence-corrected chi connectivity index (χ2v) is 6.54. The average Bonchev–Trinajstić information content (AvgIpc) is 2.75. The molecule has 0 saturated carbocycles. The number of furan rings is 1. The number of aliphatic hydroxyl groups is 1. The van der Waals surface area contributed by atoms with Crippen LogP contribution in [0.3, 0.4) is 0 Å². The molecule has 1 unspecified atom stereocenters. The summed E-state index contributed by atoms with van der Waals surface area (Å²) in [5, 5.41) is 10.2. The number of halogens is 1. The van der Waals surface area contributed by atoms with E-state index in [1.807, 2.05) is 0 Å². The highest BCUT2D eigenvalue weighted by atomic mass is 79.9. The molecular formula is C16H19BrO2. The van der Waals surface area contributed by atoms with E-state index in [0.717, 1.165) is 11.1 Å². The third-order valence-corrected chi connectivity index (χ3v) is 3.90. The van der Waals surface area contributed by atoms with Crippen LogP contribution in [-0.2, 0) is 11.8 Å². The molecule has 0 amide bonds. The van der Waals surface area contributed by atoms with Gasteiger partial charge >= 0.3 is 0 Å². The quantitative estimate of drug-likeness (QED) is 0.894. The summed E-state index contributed by atoms with van der Waals surface area (Å²) < 4.78 is 5.75. The maximum atomic E-state index is 10.2. The van der Waals surface area contributed by atoms with Gasteiger partial charge in [-0.25, -0.2) is 0 Å². The second kappa shape index (κ2) is 5.51. The largest absolute Gasteiger partial charge is 0.457 e. The van der Waals surface area contributed by atoms with Gasteiger partial charge < -0.3 is 9.52 Å². The van der Waals surface area contributed by atoms with Crippen molar-refractivity contribution < 1.29 is 9.52 Å². The van der Waals surface area contributed by atoms with Crippen LogP contribution in [0.2, 0.25) is 0 Å². The molecule has 1 heterocycles. The molecule has 0 radical (unpaired) electrons. The first-order valence-electron chi connectivity index (χ1n) is 6.38. The molecule has 0 saturated heterocycles. The molecular weight excluding hydrogens is 304 g/mol. The van der Waals surface area contributed by atoms with Crippen molar-refractivity contribution in [3.8, 4) is 0 Å². The Kier molecular flexibility index (Phi) is 4.16. The second-order valence-electron chi connectivity index (χ2n) is 5.82. The van der Waals surface area contributed by atoms with Crippen molar-refractivity contribution in [2.75, 3.05) is 0 Å². The van der Waals surface area contributed by atoms with E-state index in [0.29, 0.717) is 11.1 Å². The van der Waals surface area contributed by atoms with Gasteiger partial charge in [-0.2, -0.15) is 0 Å². The van der Waals surface area contributed by atoms with Crippen LogP contribution in [0.5, 0.6) is 0 Å². The molecule has 0 aliphatic heterocycles. The number of benzene rings is 1. The highest BCUT2D eigenvalue weighted by Gasteiger charge is 2.16. The zero-order valence-electron chi connectivity index (χ0n) is 11.5. The van der Waals surface area contributed by atoms with E-state index in [1.54, 1.807) is 12.3 Å². The molecule has 0 aliphatic rings. The van der Waals surface area contributed by atoms with Gasteiger partial charge in [0.05, 0.1) is 12.4 Å². The lowest BCUT2D eigenvalue weighted by atomic mass is 9.86. The van der Waals surface area contributed by atoms with Crippen molar-refractivity contribution >= 4 is 15.9 Å². The lowest BCUT2D eigenvalue weighted by Crippen LogP contribution is -2.11. The summed E-state index contributed by atoms with van der Waals surface area (Å²) in [4.78, 5) is 0. The van der Waals surface area contributed by atoms with Crippen LogP contribution in [0, 0.1) is 0 Å². The number of rotatable bonds is 3. The van der Waals surface area contributed by atoms with Crippen LogP contribution < -0.4 is 0 Å². The number of hydrogen-bond acceptors (Lipinski definition) is 2. The molecule has 19 heavy (non-hydrogen) atoms. The smallest absolute Gasteiger partial charge is 0.174 e. The van der Waals surface area contributed by atoms with Crippen molar-refractivity contribution in [1.82, 2.24) is 0 Å². The predicted molar refractivity (Wildman–Crippen MR) is 80.2 cm³/mol. The molecule has 0 aliphatic carbocycles. The summed E-state index contributed by atoms with van der Waals surface area (Å²) in [6.45, 7) is 6.58. The fourth-order valence-corrected chi connectivity index (χ4v) is 2.52. The van der Waals surface area contributed by atoms with E-state index < -0.39 is 6.10 Å². The Bertz CT molecular complexity index is 535. The van der Waals surface area contributed by atoms with E-state index in [4.69, 9.17) is 4.42 Å². The summed E-state index contributed by atoms with van der Waals surface area (Å²) >= 11 is 3.29. The molecule has 1 aromatic carbocycles. The third-order valence-electron chi connectivity index (χ3n) is 3.25. The highest BCUT2D eigenvalue weighted by molar-refractivity contribution is 9.10. The van der Waals surface area contributed by atoms with Crippen molar-refractivity contribution in [2.45, 2.75) is 38.7 Å². The Morgan fingerprint density at radius 3 is 2.26 bits per heavy atom. The van der Waals surface area contributed by atoms with Crippen LogP contribution in [-0.4, -0.2) is 5.11 Å². The third kappa shape index (κ3) is 3.48. The van der Waals surface area contributed by atoms with Gasteiger partial charge in [-0.1, -0.05) is 45.0 Å². The Hall–Kier alpha value is -1.06. The van der Waals surface area contributed by atoms with Crippen LogP contribution in [0.15, 0.2) is 45.7 Å². The topological polar surface area (TPSA) is 33.4 Å². The van der Waals surface area contributed by atoms with E-state index in [-0.39, 0.29) is 5.41 Å². The minimum atomic E-state index is -0.548. The summed E-state index contributed by atoms with van der Waals surface area (Å²) in [6, 6.07) is 10.2. The van der Waals surface area contributed by atoms with Crippen LogP contribution >= 0.6 is 15.9 Å². The van der Waals surface area contributed by atoms with Crippen LogP contribution in [0.1, 0.15) is 43.6 Å². The molecule has 1 aromatic heterocycles. The molecule has 102 valence electrons. The maximum absolute atomic E-state index is 10.2. The normalized spacial score (nSPS) is 13.5. The Morgan fingerprint density at radius 1 is 1.16 bits per heavy atom. The first-order chi connectivity index (χ1) is 8.88. The minimum absolute atomic E-state index is 0.157. The summed E-state index contributed by atoms with van der Waals surface area (Å²) in [5.74, 6) is 0. The van der Waals surface area contributed by atoms with Crippen molar-refractivity contribution in [1.29, 1.82) is 0 Å². The maximum Gasteiger partial charge on any atom is 0.174 e. The standard InChI is InChI=1S/C16H19BrO2/c1-16(2,3)12-6-4-11(5-7-12)10-14(18)13-8-9-19-15(13)17/h4-9,14,18H,10H2,1-3H3. The molecule has 0 spiro atoms. The summed E-state index contributed by atoms with van der Waals surface area (Å²) in [5.41, 5.74) is 3.37. The fourth-order valence-electron chi connectivity index (χ4n) is 2.02. The van der Waals surface area contributed by atoms with E-state index in [2.05, 4.69) is 61.0 Å². The van der Waals surface area contributed by atoms with Crippen molar-refractivity contribution in [3.05, 3.63) is 58.0 Å². The van der Waals surface area contributed by atoms with Gasteiger partial charge in [0.15, 0.2) is 4.67 Å². The zero-order chi connectivity index (χ0) is 14.0. The molecule has 1 atom stereocenters. The minimum Gasteiger partial charge on any atom is -0.457 e. The van der Waals surface area contributed by atoms with Gasteiger partial charge in [-0.3, -0.25) is 0 Å². The van der Waals surface area contributed by atoms with Crippen molar-refractivity contribution in [3.63, 3.8) is 0 Å². The van der Waals surface area contributed by atoms with E-state index in [9.17, 15) is 5.11 Å². The lowest BCUT2D eigenvalue weighted by molar-refractivity contribution is 0.176. The molecule has 0 fully saturated rings. The SMILES string of the molecule is CC(C)(C)c1ccc(CC(O)c2ccoc2Br)cc1. The Balaban J connectivity index is 2.10. The average molecular weight is 323 g/mol. The fraction of sp³-hybridized carbons (Fsp3) is 0.375. The number of aliphatic hydroxyl groups excluding tert-OH is 1. The van der Waals surface area contributed by atoms with Crippen LogP contribution in [0.25, 0.3) is 0 Å². The molecule has 2 nitrogen and oxygen atoms in total. The van der Waals surface area contributed by atoms with Gasteiger partial charge in [0, 0.05) is 12.0 Å². The predicted octanol–water partition coefficient (Wildman–Crippen LogP) is 4.62. The highest BCUT2D eigenvalue weighted by Crippen LogP contribution is 2.28. The van der Waals surface area contributed by atoms with Gasteiger partial charge in [0.1, 0.15) is 0 Å². The molecule has 1 N–H and O–H groups in total. The van der Waals surface area contributed by atoms with E-state index >= 15 is 0 Å². The van der Waals surface area contributed by atoms with Crippen molar-refractivity contribution in [2.24, 2.45) is 0 Å². The molecule has 3 heteroatoms. The van der Waals surface area contributed by atoms with Gasteiger partial charge in [0.2, 0.25) is 0 Å². The molecule has 2 aromatic rings. The molecule has 2 rings (SSSR count). The van der Waals surface area contributed by atoms with Gasteiger partial charge in [-0.15, -0.1) is 0 Å². The monoisotopic (exact) mass is 322 g/mol. The Labute approximate surface area is 122 Å². The van der Waals surface area contributed by atoms with Gasteiger partial charge in [-0.05, 0) is 38.5 Å². The lowest BCUT2D eigenvalue weighted by Gasteiger charge is -2.19. The zero-order valence-corrected chi connectivity index (χ0v) is 13.1. The van der Waals surface area contributed by atoms with E-state index in [1.165, 1.54) is 5.56 Å². The first-order valence-corrected chi connectivity index (χ1v) is 7.17. The number of hydrogen-bond donors (Lipinski definition) is 1. The van der Waals surface area contributed by atoms with Gasteiger partial charge in [0.25, 0.3) is 0 Å². The molecule has 0 bridgehead atoms. The Morgan fingerprint density at radius 2 is 1.79 bits per heavy atom. The van der Waals surface area contributed by atoms with Crippen LogP contribution in [0.4, 0.5) is 0 Å². The summed E-state index contributed by atoms with van der Waals surface area (Å²) in [7, 11) is 0.